The van der Waals surface area contributed by atoms with Crippen molar-refractivity contribution in [1.82, 2.24) is 0 Å². The number of allylic oxidation sites excluding steroid dienone is 10. The number of carbonyl (C=O) groups is 4. The summed E-state index contributed by atoms with van der Waals surface area (Å²) in [7, 11) is -9.93. The van der Waals surface area contributed by atoms with Gasteiger partial charge < -0.3 is 33.8 Å². The lowest BCUT2D eigenvalue weighted by Crippen LogP contribution is -2.30. The van der Waals surface area contributed by atoms with Crippen LogP contribution in [0.5, 0.6) is 0 Å². The normalized spacial score (nSPS) is 14.3. The Morgan fingerprint density at radius 2 is 0.532 bits per heavy atom. The van der Waals surface area contributed by atoms with Gasteiger partial charge in [-0.2, -0.15) is 0 Å². The first kappa shape index (κ1) is 90.8. The fourth-order valence-corrected chi connectivity index (χ4v) is 11.7. The van der Waals surface area contributed by atoms with Crippen LogP contribution in [0.15, 0.2) is 60.8 Å². The van der Waals surface area contributed by atoms with Crippen LogP contribution in [0, 0.1) is 0 Å². The van der Waals surface area contributed by atoms with Crippen LogP contribution in [-0.2, 0) is 65.4 Å². The molecular formula is C75H136O17P2. The maximum absolute atomic E-state index is 13.0. The molecule has 0 heterocycles. The molecule has 5 atom stereocenters. The molecule has 0 saturated heterocycles. The van der Waals surface area contributed by atoms with E-state index in [1.165, 1.54) is 103 Å². The number of phosphoric ester groups is 2. The van der Waals surface area contributed by atoms with Gasteiger partial charge in [0.2, 0.25) is 0 Å². The number of aliphatic hydroxyl groups excluding tert-OH is 1. The third-order valence-corrected chi connectivity index (χ3v) is 17.9. The minimum absolute atomic E-state index is 0.0845. The lowest BCUT2D eigenvalue weighted by Gasteiger charge is -2.21. The third-order valence-electron chi connectivity index (χ3n) is 16.0. The van der Waals surface area contributed by atoms with Gasteiger partial charge in [-0.3, -0.25) is 37.3 Å². The number of rotatable bonds is 71. The van der Waals surface area contributed by atoms with Crippen molar-refractivity contribution in [1.29, 1.82) is 0 Å². The number of carbonyl (C=O) groups excluding carboxylic acids is 4. The highest BCUT2D eigenvalue weighted by molar-refractivity contribution is 7.47. The van der Waals surface area contributed by atoms with Gasteiger partial charge in [-0.05, 0) is 109 Å². The number of phosphoric acid groups is 2. The summed E-state index contributed by atoms with van der Waals surface area (Å²) >= 11 is 0. The number of unbranched alkanes of at least 4 members (excludes halogenated alkanes) is 35. The van der Waals surface area contributed by atoms with Crippen LogP contribution in [-0.4, -0.2) is 96.7 Å². The lowest BCUT2D eigenvalue weighted by molar-refractivity contribution is -0.161. The average molecular weight is 1370 g/mol. The van der Waals surface area contributed by atoms with Gasteiger partial charge in [0.25, 0.3) is 0 Å². The second-order valence-electron chi connectivity index (χ2n) is 25.2. The molecule has 17 nitrogen and oxygen atoms in total. The van der Waals surface area contributed by atoms with Crippen molar-refractivity contribution in [2.45, 2.75) is 354 Å². The summed E-state index contributed by atoms with van der Waals surface area (Å²) in [5.74, 6) is -2.19. The number of ether oxygens (including phenoxy) is 4. The Kier molecular flexibility index (Phi) is 65.9. The molecule has 0 fully saturated rings. The quantitative estimate of drug-likeness (QED) is 0.0169. The van der Waals surface area contributed by atoms with Crippen LogP contribution in [0.2, 0.25) is 0 Å². The molecule has 3 N–H and O–H groups in total. The predicted octanol–water partition coefficient (Wildman–Crippen LogP) is 21.1. The zero-order valence-corrected chi connectivity index (χ0v) is 61.4. The summed E-state index contributed by atoms with van der Waals surface area (Å²) in [4.78, 5) is 72.7. The van der Waals surface area contributed by atoms with Crippen LogP contribution in [0.4, 0.5) is 0 Å². The van der Waals surface area contributed by atoms with E-state index >= 15 is 0 Å². The van der Waals surface area contributed by atoms with E-state index in [0.717, 1.165) is 154 Å². The van der Waals surface area contributed by atoms with Gasteiger partial charge in [-0.25, -0.2) is 9.13 Å². The largest absolute Gasteiger partial charge is 0.472 e. The van der Waals surface area contributed by atoms with E-state index < -0.39 is 97.5 Å². The van der Waals surface area contributed by atoms with E-state index in [1.807, 2.05) is 0 Å². The first-order valence-corrected chi connectivity index (χ1v) is 40.5. The van der Waals surface area contributed by atoms with E-state index in [0.29, 0.717) is 25.7 Å². The number of aliphatic hydroxyl groups is 1. The molecule has 0 aliphatic rings. The van der Waals surface area contributed by atoms with Crippen molar-refractivity contribution >= 4 is 39.5 Å². The Morgan fingerprint density at radius 3 is 0.851 bits per heavy atom. The van der Waals surface area contributed by atoms with Crippen LogP contribution in [0.25, 0.3) is 0 Å². The summed E-state index contributed by atoms with van der Waals surface area (Å²) in [5.41, 5.74) is 0. The number of hydrogen-bond donors (Lipinski definition) is 3. The Balaban J connectivity index is 5.31. The molecule has 5 unspecified atom stereocenters. The smallest absolute Gasteiger partial charge is 0.462 e. The second kappa shape index (κ2) is 68.3. The fraction of sp³-hybridized carbons (Fsp3) is 0.813. The fourth-order valence-electron chi connectivity index (χ4n) is 10.1. The minimum atomic E-state index is -4.97. The van der Waals surface area contributed by atoms with E-state index in [-0.39, 0.29) is 25.7 Å². The molecule has 0 spiro atoms. The van der Waals surface area contributed by atoms with Gasteiger partial charge in [0.1, 0.15) is 19.3 Å². The van der Waals surface area contributed by atoms with Crippen LogP contribution >= 0.6 is 15.6 Å². The molecule has 0 radical (unpaired) electrons. The summed E-state index contributed by atoms with van der Waals surface area (Å²) in [6.45, 7) is 4.78. The van der Waals surface area contributed by atoms with Crippen molar-refractivity contribution in [2.24, 2.45) is 0 Å². The molecule has 0 amide bonds. The topological polar surface area (TPSA) is 237 Å². The van der Waals surface area contributed by atoms with E-state index in [4.69, 9.17) is 37.0 Å². The molecular weight excluding hydrogens is 1230 g/mol. The molecule has 0 bridgehead atoms. The summed E-state index contributed by atoms with van der Waals surface area (Å²) in [6.07, 6.45) is 65.0. The highest BCUT2D eigenvalue weighted by Crippen LogP contribution is 2.45. The van der Waals surface area contributed by atoms with Crippen molar-refractivity contribution in [2.75, 3.05) is 39.6 Å². The molecule has 0 aromatic rings. The lowest BCUT2D eigenvalue weighted by atomic mass is 10.0. The predicted molar refractivity (Wildman–Crippen MR) is 381 cm³/mol. The summed E-state index contributed by atoms with van der Waals surface area (Å²) < 4.78 is 68.3. The van der Waals surface area contributed by atoms with Crippen molar-refractivity contribution in [3.05, 3.63) is 60.8 Å². The van der Waals surface area contributed by atoms with Crippen LogP contribution in [0.1, 0.15) is 336 Å². The van der Waals surface area contributed by atoms with Crippen LogP contribution in [0.3, 0.4) is 0 Å². The number of hydrogen-bond acceptors (Lipinski definition) is 15. The van der Waals surface area contributed by atoms with E-state index in [2.05, 4.69) is 88.5 Å². The molecule has 0 aliphatic carbocycles. The average Bonchev–Trinajstić information content (AvgIpc) is 2.22. The Labute approximate surface area is 571 Å². The Bertz CT molecular complexity index is 2030. The monoisotopic (exact) mass is 1370 g/mol. The maximum Gasteiger partial charge on any atom is 0.472 e. The van der Waals surface area contributed by atoms with Crippen molar-refractivity contribution in [3.8, 4) is 0 Å². The SMILES string of the molecule is CCCC/C=C\CCCCCCCC(=O)OC(COC(=O)CCCCCCC/C=C\C/C=C\CCCCC)COP(=O)(O)OCC(O)COP(=O)(O)OCC(COC(=O)CCCCCCC/C=C\C/C=C\CCCCC)OC(=O)CCCCCCCCCCCCCCC. The zero-order chi connectivity index (χ0) is 69.0. The molecule has 0 aromatic heterocycles. The second-order valence-corrected chi connectivity index (χ2v) is 28.1. The number of esters is 4. The first-order valence-electron chi connectivity index (χ1n) is 37.5. The molecule has 19 heteroatoms. The van der Waals surface area contributed by atoms with Gasteiger partial charge in [0.15, 0.2) is 12.2 Å². The molecule has 0 saturated carbocycles. The van der Waals surface area contributed by atoms with Crippen molar-refractivity contribution < 1.29 is 80.2 Å². The summed E-state index contributed by atoms with van der Waals surface area (Å²) in [5, 5.41) is 10.6. The maximum atomic E-state index is 13.0. The van der Waals surface area contributed by atoms with Gasteiger partial charge in [0, 0.05) is 25.7 Å². The Morgan fingerprint density at radius 1 is 0.298 bits per heavy atom. The van der Waals surface area contributed by atoms with Gasteiger partial charge >= 0.3 is 39.5 Å². The standard InChI is InChI=1S/C75H136O17P2/c1-5-9-13-17-21-25-29-32-34-37-40-43-47-51-55-59-72(77)85-65-70(91-74(79)61-57-53-49-45-39-28-24-20-16-12-8-4)67-89-93(81,82)87-63-69(76)64-88-94(83,84)90-68-71(92-75(80)62-58-54-50-46-42-36-31-27-23-19-15-11-7-3)66-86-73(78)60-56-52-48-44-41-38-35-33-30-26-22-18-14-10-6-2/h20-22,24-26,32-35,69-71,76H,5-19,23,27-31,36-68H2,1-4H3,(H,81,82)(H,83,84)/b24-20-,25-21-,26-22-,34-32-,35-33-. The Hall–Kier alpha value is -3.24. The van der Waals surface area contributed by atoms with E-state index in [1.54, 1.807) is 0 Å². The van der Waals surface area contributed by atoms with Crippen molar-refractivity contribution in [3.63, 3.8) is 0 Å². The minimum Gasteiger partial charge on any atom is -0.462 e. The van der Waals surface area contributed by atoms with E-state index in [9.17, 15) is 43.2 Å². The molecule has 0 aliphatic heterocycles. The zero-order valence-electron chi connectivity index (χ0n) is 59.6. The molecule has 548 valence electrons. The van der Waals surface area contributed by atoms with Gasteiger partial charge in [0.05, 0.1) is 26.4 Å². The van der Waals surface area contributed by atoms with Gasteiger partial charge in [-0.1, -0.05) is 262 Å². The highest BCUT2D eigenvalue weighted by Gasteiger charge is 2.30. The van der Waals surface area contributed by atoms with Crippen LogP contribution < -0.4 is 0 Å². The first-order chi connectivity index (χ1) is 45.7. The molecule has 94 heavy (non-hydrogen) atoms. The molecule has 0 aromatic carbocycles. The highest BCUT2D eigenvalue weighted by atomic mass is 31.2. The molecule has 0 rings (SSSR count). The third kappa shape index (κ3) is 67.3. The van der Waals surface area contributed by atoms with Gasteiger partial charge in [-0.15, -0.1) is 0 Å². The summed E-state index contributed by atoms with van der Waals surface area (Å²) in [6, 6.07) is 0.